The second-order valence-electron chi connectivity index (χ2n) is 4.07. The van der Waals surface area contributed by atoms with Crippen LogP contribution in [0.2, 0.25) is 0 Å². The fraction of sp³-hybridized carbons (Fsp3) is 0.385. The smallest absolute Gasteiger partial charge is 0.321 e. The summed E-state index contributed by atoms with van der Waals surface area (Å²) in [7, 11) is 0. The molecule has 0 radical (unpaired) electrons. The van der Waals surface area contributed by atoms with Gasteiger partial charge in [0.2, 0.25) is 0 Å². The largest absolute Gasteiger partial charge is 0.480 e. The van der Waals surface area contributed by atoms with Gasteiger partial charge in [-0.3, -0.25) is 14.9 Å². The molecule has 1 rings (SSSR count). The second kappa shape index (κ2) is 11.4. The third kappa shape index (κ3) is 9.35. The van der Waals surface area contributed by atoms with Crippen molar-refractivity contribution < 1.29 is 19.8 Å². The Kier molecular flexibility index (Phi) is 10.8. The first-order valence-electron chi connectivity index (χ1n) is 6.12. The summed E-state index contributed by atoms with van der Waals surface area (Å²) < 4.78 is 0. The Morgan fingerprint density at radius 3 is 2.00 bits per heavy atom. The maximum atomic E-state index is 10.6. The molecule has 118 valence electrons. The fourth-order valence-corrected chi connectivity index (χ4v) is 1.59. The summed E-state index contributed by atoms with van der Waals surface area (Å²) in [4.78, 5) is 20.4. The molecule has 0 fully saturated rings. The Morgan fingerprint density at radius 1 is 1.10 bits per heavy atom. The lowest BCUT2D eigenvalue weighted by molar-refractivity contribution is -0.139. The van der Waals surface area contributed by atoms with Gasteiger partial charge >= 0.3 is 11.9 Å². The Morgan fingerprint density at radius 2 is 1.67 bits per heavy atom. The molecule has 0 spiro atoms. The summed E-state index contributed by atoms with van der Waals surface area (Å²) in [5, 5.41) is 19.7. The lowest BCUT2D eigenvalue weighted by Gasteiger charge is -2.11. The van der Waals surface area contributed by atoms with Crippen molar-refractivity contribution in [1.82, 2.24) is 5.32 Å². The summed E-state index contributed by atoms with van der Waals surface area (Å²) in [5.41, 5.74) is 6.01. The van der Waals surface area contributed by atoms with Crippen LogP contribution in [0.5, 0.6) is 0 Å². The zero-order chi connectivity index (χ0) is 16.3. The van der Waals surface area contributed by atoms with Crippen LogP contribution >= 0.6 is 25.3 Å². The zero-order valence-electron chi connectivity index (χ0n) is 11.3. The maximum absolute atomic E-state index is 10.6. The topological polar surface area (TPSA) is 113 Å². The molecule has 0 aromatic heterocycles. The van der Waals surface area contributed by atoms with E-state index in [1.807, 2.05) is 30.3 Å². The van der Waals surface area contributed by atoms with Crippen molar-refractivity contribution in [2.75, 3.05) is 11.5 Å². The normalized spacial score (nSPS) is 12.7. The van der Waals surface area contributed by atoms with E-state index in [9.17, 15) is 9.59 Å². The average Bonchev–Trinajstić information content (AvgIpc) is 2.48. The number of thiol groups is 2. The molecule has 0 aliphatic rings. The van der Waals surface area contributed by atoms with Gasteiger partial charge in [-0.25, -0.2) is 0 Å². The van der Waals surface area contributed by atoms with Gasteiger partial charge in [0.1, 0.15) is 12.1 Å². The molecule has 21 heavy (non-hydrogen) atoms. The zero-order valence-corrected chi connectivity index (χ0v) is 13.1. The molecule has 0 heterocycles. The number of rotatable bonds is 7. The molecule has 0 aliphatic carbocycles. The highest BCUT2D eigenvalue weighted by atomic mass is 32.1. The van der Waals surface area contributed by atoms with Crippen LogP contribution in [0.3, 0.4) is 0 Å². The molecule has 1 unspecified atom stereocenters. The summed E-state index contributed by atoms with van der Waals surface area (Å²) in [6, 6.07) is 8.27. The molecule has 2 atom stereocenters. The van der Waals surface area contributed by atoms with Crippen LogP contribution in [-0.2, 0) is 16.1 Å². The number of carbonyl (C=O) groups is 2. The molecule has 8 heteroatoms. The summed E-state index contributed by atoms with van der Waals surface area (Å²) >= 11 is 7.61. The number of benzene rings is 1. The van der Waals surface area contributed by atoms with E-state index in [4.69, 9.17) is 15.9 Å². The lowest BCUT2D eigenvalue weighted by Crippen LogP contribution is -2.37. The minimum Gasteiger partial charge on any atom is -0.480 e. The number of nitrogens with one attached hydrogen (secondary N) is 1. The number of aliphatic carboxylic acids is 2. The van der Waals surface area contributed by atoms with Crippen molar-refractivity contribution in [2.45, 2.75) is 18.6 Å². The van der Waals surface area contributed by atoms with E-state index in [0.29, 0.717) is 12.3 Å². The maximum Gasteiger partial charge on any atom is 0.321 e. The first kappa shape index (κ1) is 19.8. The predicted octanol–water partition coefficient (Wildman–Crippen LogP) is 0.487. The SMILES string of the molecule is NC(CS)C(=O)O.O=C(O)[C@H](CS)NCc1ccccc1. The van der Waals surface area contributed by atoms with E-state index in [2.05, 4.69) is 30.6 Å². The molecule has 1 aromatic carbocycles. The van der Waals surface area contributed by atoms with Gasteiger partial charge in [0.05, 0.1) is 0 Å². The van der Waals surface area contributed by atoms with Gasteiger partial charge in [-0.1, -0.05) is 30.3 Å². The molecule has 0 amide bonds. The number of nitrogens with two attached hydrogens (primary N) is 1. The Balaban J connectivity index is 0.000000486. The van der Waals surface area contributed by atoms with Crippen molar-refractivity contribution in [2.24, 2.45) is 5.73 Å². The monoisotopic (exact) mass is 332 g/mol. The molecule has 0 saturated carbocycles. The summed E-state index contributed by atoms with van der Waals surface area (Å²) in [6.45, 7) is 0.554. The molecular weight excluding hydrogens is 312 g/mol. The first-order valence-corrected chi connectivity index (χ1v) is 7.39. The van der Waals surface area contributed by atoms with Crippen LogP contribution in [0.15, 0.2) is 30.3 Å². The minimum absolute atomic E-state index is 0.190. The van der Waals surface area contributed by atoms with Gasteiger partial charge in [0.25, 0.3) is 0 Å². The third-order valence-corrected chi connectivity index (χ3v) is 3.15. The van der Waals surface area contributed by atoms with Gasteiger partial charge in [0.15, 0.2) is 0 Å². The van der Waals surface area contributed by atoms with Gasteiger partial charge < -0.3 is 15.9 Å². The van der Waals surface area contributed by atoms with Gasteiger partial charge in [-0.15, -0.1) is 0 Å². The number of carboxylic acids is 2. The molecule has 6 nitrogen and oxygen atoms in total. The van der Waals surface area contributed by atoms with E-state index in [-0.39, 0.29) is 5.75 Å². The van der Waals surface area contributed by atoms with Gasteiger partial charge in [0, 0.05) is 18.1 Å². The van der Waals surface area contributed by atoms with E-state index >= 15 is 0 Å². The second-order valence-corrected chi connectivity index (χ2v) is 4.80. The van der Waals surface area contributed by atoms with Crippen LogP contribution in [0.1, 0.15) is 5.56 Å². The number of hydrogen-bond acceptors (Lipinski definition) is 6. The fourth-order valence-electron chi connectivity index (χ4n) is 1.14. The van der Waals surface area contributed by atoms with Crippen LogP contribution in [0.25, 0.3) is 0 Å². The molecule has 0 aliphatic heterocycles. The predicted molar refractivity (Wildman–Crippen MR) is 88.0 cm³/mol. The summed E-state index contributed by atoms with van der Waals surface area (Å²) in [6.07, 6.45) is 0. The van der Waals surface area contributed by atoms with Gasteiger partial charge in [-0.05, 0) is 5.56 Å². The molecule has 1 aromatic rings. The van der Waals surface area contributed by atoms with Crippen LogP contribution in [-0.4, -0.2) is 45.7 Å². The standard InChI is InChI=1S/C10H13NO2S.C3H7NO2S/c12-10(13)9(7-14)11-6-8-4-2-1-3-5-8;4-2(1-7)3(5)6/h1-5,9,11,14H,6-7H2,(H,12,13);2,7H,1,4H2,(H,5,6)/t9-;/m0./s1. The molecule has 0 bridgehead atoms. The summed E-state index contributed by atoms with van der Waals surface area (Å²) in [5.74, 6) is -1.39. The van der Waals surface area contributed by atoms with Gasteiger partial charge in [-0.2, -0.15) is 25.3 Å². The highest BCUT2D eigenvalue weighted by molar-refractivity contribution is 7.80. The highest BCUT2D eigenvalue weighted by Crippen LogP contribution is 1.99. The first-order chi connectivity index (χ1) is 9.92. The number of hydrogen-bond donors (Lipinski definition) is 6. The average molecular weight is 332 g/mol. The van der Waals surface area contributed by atoms with Crippen LogP contribution in [0, 0.1) is 0 Å². The van der Waals surface area contributed by atoms with Crippen molar-refractivity contribution in [1.29, 1.82) is 0 Å². The third-order valence-electron chi connectivity index (χ3n) is 2.39. The van der Waals surface area contributed by atoms with E-state index in [1.54, 1.807) is 0 Å². The van der Waals surface area contributed by atoms with Crippen LogP contribution in [0.4, 0.5) is 0 Å². The lowest BCUT2D eigenvalue weighted by atomic mass is 10.2. The van der Waals surface area contributed by atoms with E-state index in [1.165, 1.54) is 0 Å². The molecular formula is C13H20N2O4S2. The molecule has 5 N–H and O–H groups in total. The Hall–Kier alpha value is -1.22. The molecule has 0 saturated heterocycles. The van der Waals surface area contributed by atoms with Crippen LogP contribution < -0.4 is 11.1 Å². The van der Waals surface area contributed by atoms with E-state index < -0.39 is 24.0 Å². The van der Waals surface area contributed by atoms with E-state index in [0.717, 1.165) is 5.56 Å². The van der Waals surface area contributed by atoms with Crippen molar-refractivity contribution >= 4 is 37.2 Å². The quantitative estimate of drug-likeness (QED) is 0.405. The van der Waals surface area contributed by atoms with Crippen molar-refractivity contribution in [3.63, 3.8) is 0 Å². The van der Waals surface area contributed by atoms with Crippen molar-refractivity contribution in [3.8, 4) is 0 Å². The van der Waals surface area contributed by atoms with Crippen molar-refractivity contribution in [3.05, 3.63) is 35.9 Å². The Labute approximate surface area is 134 Å². The minimum atomic E-state index is -1.00. The highest BCUT2D eigenvalue weighted by Gasteiger charge is 2.13. The Bertz CT molecular complexity index is 431. The number of carboxylic acid groups (broad SMARTS) is 2.